The van der Waals surface area contributed by atoms with Crippen molar-refractivity contribution in [3.63, 3.8) is 0 Å². The fraction of sp³-hybridized carbons (Fsp3) is 0.722. The van der Waals surface area contributed by atoms with E-state index in [0.29, 0.717) is 56.9 Å². The van der Waals surface area contributed by atoms with Crippen LogP contribution in [0.1, 0.15) is 152 Å². The standard InChI is InChI=1S/C54H85N5O14/c1-32(2)39-36(30-34-20-21-35(29-33(34)3)67-28-18-19-38(61)55-54(16,17)45(62)59-24-22-58(23-25-59)26-27-60)43(57-56-39)73-44-42(72-49(66)53(13,14)15)41(71-48(65)52(10,11)12)40(70-47(64)51(7,8)9)37(69-44)31-68-46(63)50(4,5)6/h20-21,29,32,37,40-42,44,60H,18-19,22-28,30-31H2,1-17H3,(H,55,61)(H,56,57)/t37-,40-,41+,42-,44+/m1/s1. The molecule has 3 heterocycles. The summed E-state index contributed by atoms with van der Waals surface area (Å²) in [5.74, 6) is -2.39. The normalized spacial score (nSPS) is 20.3. The zero-order valence-electron chi connectivity index (χ0n) is 46.6. The molecule has 0 bridgehead atoms. The summed E-state index contributed by atoms with van der Waals surface area (Å²) in [5, 5.41) is 19.8. The minimum atomic E-state index is -1.54. The number of aliphatic hydroxyl groups is 1. The summed E-state index contributed by atoms with van der Waals surface area (Å²) in [4.78, 5) is 84.7. The van der Waals surface area contributed by atoms with E-state index >= 15 is 0 Å². The molecule has 2 aliphatic heterocycles. The SMILES string of the molecule is Cc1cc(OCCCC(=O)NC(C)(C)C(=O)N2CCN(CCO)CC2)ccc1Cc1c(O[C@@H]2O[C@H](COC(=O)C(C)(C)C)[C@@H](OC(=O)C(C)(C)C)[C@H](OC(=O)C(C)(C)C)[C@H]2OC(=O)C(C)(C)C)n[nH]c1C(C)C. The molecule has 0 radical (unpaired) electrons. The number of H-pyrrole nitrogens is 1. The Labute approximate surface area is 432 Å². The van der Waals surface area contributed by atoms with Crippen molar-refractivity contribution in [2.75, 3.05) is 52.5 Å². The third-order valence-corrected chi connectivity index (χ3v) is 12.4. The highest BCUT2D eigenvalue weighted by Gasteiger charge is 2.56. The lowest BCUT2D eigenvalue weighted by atomic mass is 9.93. The van der Waals surface area contributed by atoms with Crippen LogP contribution in [0.4, 0.5) is 0 Å². The molecule has 4 rings (SSSR count). The smallest absolute Gasteiger partial charge is 0.311 e. The van der Waals surface area contributed by atoms with Gasteiger partial charge in [-0.05, 0) is 139 Å². The summed E-state index contributed by atoms with van der Waals surface area (Å²) in [6, 6.07) is 5.66. The predicted octanol–water partition coefficient (Wildman–Crippen LogP) is 6.19. The van der Waals surface area contributed by atoms with Gasteiger partial charge in [-0.3, -0.25) is 38.8 Å². The van der Waals surface area contributed by atoms with Crippen LogP contribution in [0.2, 0.25) is 0 Å². The molecule has 0 spiro atoms. The number of benzene rings is 1. The Kier molecular flexibility index (Phi) is 20.1. The zero-order valence-corrected chi connectivity index (χ0v) is 46.6. The van der Waals surface area contributed by atoms with Gasteiger partial charge in [-0.1, -0.05) is 19.9 Å². The van der Waals surface area contributed by atoms with Crippen LogP contribution in [0.3, 0.4) is 0 Å². The summed E-state index contributed by atoms with van der Waals surface area (Å²) in [6.07, 6.45) is -6.41. The number of ether oxygens (including phenoxy) is 7. The molecule has 0 aliphatic carbocycles. The number of piperazine rings is 1. The lowest BCUT2D eigenvalue weighted by molar-refractivity contribution is -0.294. The molecular formula is C54H85N5O14. The van der Waals surface area contributed by atoms with E-state index in [9.17, 15) is 33.9 Å². The highest BCUT2D eigenvalue weighted by Crippen LogP contribution is 2.37. The first-order valence-electron chi connectivity index (χ1n) is 25.5. The molecule has 5 atom stereocenters. The second-order valence-corrected chi connectivity index (χ2v) is 24.2. The Morgan fingerprint density at radius 2 is 1.33 bits per heavy atom. The van der Waals surface area contributed by atoms with Gasteiger partial charge in [0.1, 0.15) is 24.0 Å². The van der Waals surface area contributed by atoms with Gasteiger partial charge in [-0.25, -0.2) is 0 Å². The number of aryl methyl sites for hydroxylation is 1. The molecule has 0 saturated carbocycles. The molecule has 0 unspecified atom stereocenters. The predicted molar refractivity (Wildman–Crippen MR) is 271 cm³/mol. The largest absolute Gasteiger partial charge is 0.494 e. The second kappa shape index (κ2) is 24.4. The molecule has 2 aromatic rings. The van der Waals surface area contributed by atoms with Crippen LogP contribution in [0.25, 0.3) is 0 Å². The van der Waals surface area contributed by atoms with Crippen molar-refractivity contribution < 1.29 is 67.0 Å². The first-order valence-corrected chi connectivity index (χ1v) is 25.5. The average molecular weight is 1030 g/mol. The zero-order chi connectivity index (χ0) is 55.0. The Morgan fingerprint density at radius 3 is 1.85 bits per heavy atom. The monoisotopic (exact) mass is 1030 g/mol. The topological polar surface area (TPSA) is 234 Å². The van der Waals surface area contributed by atoms with Crippen molar-refractivity contribution in [1.29, 1.82) is 0 Å². The number of hydrogen-bond donors (Lipinski definition) is 3. The van der Waals surface area contributed by atoms with Gasteiger partial charge in [0.25, 0.3) is 0 Å². The first-order chi connectivity index (χ1) is 33.6. The molecule has 410 valence electrons. The summed E-state index contributed by atoms with van der Waals surface area (Å²) < 4.78 is 43.6. The van der Waals surface area contributed by atoms with Gasteiger partial charge < -0.3 is 48.5 Å². The van der Waals surface area contributed by atoms with E-state index in [1.54, 1.807) is 102 Å². The van der Waals surface area contributed by atoms with Crippen LogP contribution in [-0.2, 0) is 58.9 Å². The summed E-state index contributed by atoms with van der Waals surface area (Å²) in [6.45, 7) is 32.2. The van der Waals surface area contributed by atoms with Crippen molar-refractivity contribution in [2.45, 2.75) is 179 Å². The third kappa shape index (κ3) is 16.9. The Balaban J connectivity index is 1.60. The maximum atomic E-state index is 13.9. The van der Waals surface area contributed by atoms with Crippen molar-refractivity contribution >= 4 is 35.7 Å². The fourth-order valence-electron chi connectivity index (χ4n) is 7.75. The van der Waals surface area contributed by atoms with E-state index in [0.717, 1.165) is 16.8 Å². The molecule has 19 heteroatoms. The van der Waals surface area contributed by atoms with E-state index in [1.807, 2.05) is 39.0 Å². The number of carbonyl (C=O) groups is 6. The highest BCUT2D eigenvalue weighted by atomic mass is 16.7. The van der Waals surface area contributed by atoms with Crippen LogP contribution in [0, 0.1) is 28.6 Å². The van der Waals surface area contributed by atoms with E-state index in [-0.39, 0.29) is 43.2 Å². The summed E-state index contributed by atoms with van der Waals surface area (Å²) >= 11 is 0. The van der Waals surface area contributed by atoms with Crippen LogP contribution in [-0.4, -0.2) is 150 Å². The van der Waals surface area contributed by atoms with Crippen LogP contribution in [0.15, 0.2) is 18.2 Å². The molecule has 1 aromatic heterocycles. The number of carbonyl (C=O) groups excluding carboxylic acids is 6. The molecule has 2 fully saturated rings. The van der Waals surface area contributed by atoms with Crippen LogP contribution < -0.4 is 14.8 Å². The molecule has 3 N–H and O–H groups in total. The molecule has 73 heavy (non-hydrogen) atoms. The number of amides is 2. The Bertz CT molecular complexity index is 2240. The third-order valence-electron chi connectivity index (χ3n) is 12.4. The lowest BCUT2D eigenvalue weighted by Crippen LogP contribution is -2.65. The van der Waals surface area contributed by atoms with Crippen molar-refractivity contribution in [1.82, 2.24) is 25.3 Å². The van der Waals surface area contributed by atoms with Crippen molar-refractivity contribution in [2.24, 2.45) is 21.7 Å². The van der Waals surface area contributed by atoms with E-state index in [4.69, 9.17) is 33.2 Å². The number of hydrogen-bond acceptors (Lipinski definition) is 16. The molecule has 2 saturated heterocycles. The summed E-state index contributed by atoms with van der Waals surface area (Å²) in [7, 11) is 0. The molecule has 1 aromatic carbocycles. The van der Waals surface area contributed by atoms with E-state index < -0.39 is 88.4 Å². The number of β-amino-alcohol motifs (C(OH)–C–C–N with tert-alkyl or cyclic N) is 1. The highest BCUT2D eigenvalue weighted by molar-refractivity contribution is 5.91. The lowest BCUT2D eigenvalue weighted by Gasteiger charge is -2.45. The number of aromatic nitrogens is 2. The Hall–Kier alpha value is -5.27. The van der Waals surface area contributed by atoms with Crippen molar-refractivity contribution in [3.05, 3.63) is 40.6 Å². The Morgan fingerprint density at radius 1 is 0.781 bits per heavy atom. The van der Waals surface area contributed by atoms with Crippen molar-refractivity contribution in [3.8, 4) is 11.6 Å². The number of rotatable bonds is 19. The minimum Gasteiger partial charge on any atom is -0.494 e. The van der Waals surface area contributed by atoms with Crippen LogP contribution >= 0.6 is 0 Å². The number of esters is 4. The number of aromatic amines is 1. The summed E-state index contributed by atoms with van der Waals surface area (Å²) in [5.41, 5.74) is -1.94. The van der Waals surface area contributed by atoms with Gasteiger partial charge in [-0.2, -0.15) is 0 Å². The number of nitrogens with zero attached hydrogens (tertiary/aromatic N) is 3. The minimum absolute atomic E-state index is 0.0650. The van der Waals surface area contributed by atoms with Gasteiger partial charge in [0.05, 0.1) is 34.9 Å². The quantitative estimate of drug-likeness (QED) is 0.0809. The molecule has 19 nitrogen and oxygen atoms in total. The van der Waals surface area contributed by atoms with Gasteiger partial charge in [0, 0.05) is 56.8 Å². The second-order valence-electron chi connectivity index (χ2n) is 24.2. The maximum absolute atomic E-state index is 13.9. The van der Waals surface area contributed by atoms with E-state index in [1.165, 1.54) is 0 Å². The van der Waals surface area contributed by atoms with Crippen LogP contribution in [0.5, 0.6) is 11.6 Å². The van der Waals surface area contributed by atoms with Gasteiger partial charge >= 0.3 is 23.9 Å². The maximum Gasteiger partial charge on any atom is 0.311 e. The average Bonchev–Trinajstić information content (AvgIpc) is 3.67. The van der Waals surface area contributed by atoms with E-state index in [2.05, 4.69) is 20.4 Å². The number of aliphatic hydroxyl groups excluding tert-OH is 1. The fourth-order valence-corrected chi connectivity index (χ4v) is 7.75. The number of nitrogens with one attached hydrogen (secondary N) is 2. The molecule has 2 aliphatic rings. The molecular weight excluding hydrogens is 943 g/mol. The first kappa shape index (κ1) is 60.3. The van der Waals surface area contributed by atoms with Gasteiger partial charge in [0.15, 0.2) is 12.2 Å². The molecule has 2 amide bonds. The van der Waals surface area contributed by atoms with Gasteiger partial charge in [0.2, 0.25) is 30.1 Å². The van der Waals surface area contributed by atoms with Gasteiger partial charge in [-0.15, -0.1) is 5.10 Å².